The van der Waals surface area contributed by atoms with Crippen LogP contribution in [0.4, 0.5) is 0 Å². The molecule has 4 rings (SSSR count). The summed E-state index contributed by atoms with van der Waals surface area (Å²) >= 11 is 0. The smallest absolute Gasteiger partial charge is 0.244 e. The average molecular weight is 369 g/mol. The van der Waals surface area contributed by atoms with Crippen molar-refractivity contribution in [2.24, 2.45) is 0 Å². The second-order valence-corrected chi connectivity index (χ2v) is 7.06. The van der Waals surface area contributed by atoms with Crippen molar-refractivity contribution in [3.63, 3.8) is 0 Å². The summed E-state index contributed by atoms with van der Waals surface area (Å²) < 4.78 is 1.82. The number of amides is 1. The normalized spacial score (nSPS) is 12.1. The maximum Gasteiger partial charge on any atom is 0.244 e. The van der Waals surface area contributed by atoms with E-state index in [1.54, 1.807) is 0 Å². The molecule has 0 saturated carbocycles. The van der Waals surface area contributed by atoms with Gasteiger partial charge in [-0.3, -0.25) is 9.48 Å². The molecule has 0 radical (unpaired) electrons. The second kappa shape index (κ2) is 7.69. The molecule has 4 aromatic rings. The van der Waals surface area contributed by atoms with Gasteiger partial charge in [-0.05, 0) is 25.5 Å². The average Bonchev–Trinajstić information content (AvgIpc) is 3.13. The van der Waals surface area contributed by atoms with Crippen LogP contribution in [0.25, 0.3) is 22.2 Å². The first kappa shape index (κ1) is 18.0. The largest absolute Gasteiger partial charge is 0.350 e. The van der Waals surface area contributed by atoms with Crippen molar-refractivity contribution in [3.8, 4) is 11.3 Å². The lowest BCUT2D eigenvalue weighted by Gasteiger charge is -2.14. The minimum atomic E-state index is -0.409. The number of fused-ring (bicyclic) bond motifs is 1. The minimum Gasteiger partial charge on any atom is -0.350 e. The van der Waals surface area contributed by atoms with E-state index in [2.05, 4.69) is 30.4 Å². The summed E-state index contributed by atoms with van der Waals surface area (Å²) in [4.78, 5) is 12.8. The summed E-state index contributed by atoms with van der Waals surface area (Å²) in [7, 11) is 0. The highest BCUT2D eigenvalue weighted by Gasteiger charge is 2.20. The second-order valence-electron chi connectivity index (χ2n) is 7.06. The number of benzene rings is 3. The van der Waals surface area contributed by atoms with Crippen LogP contribution < -0.4 is 5.32 Å². The predicted molar refractivity (Wildman–Crippen MR) is 113 cm³/mol. The number of aromatic nitrogens is 2. The predicted octanol–water partition coefficient (Wildman–Crippen LogP) is 4.89. The van der Waals surface area contributed by atoms with Gasteiger partial charge in [0.1, 0.15) is 11.7 Å². The molecule has 1 heterocycles. The first-order valence-corrected chi connectivity index (χ1v) is 9.49. The molecule has 4 heteroatoms. The van der Waals surface area contributed by atoms with Gasteiger partial charge >= 0.3 is 0 Å². The molecular weight excluding hydrogens is 346 g/mol. The highest BCUT2D eigenvalue weighted by molar-refractivity contribution is 5.94. The van der Waals surface area contributed by atoms with Gasteiger partial charge < -0.3 is 5.32 Å². The molecule has 1 atom stereocenters. The number of rotatable bonds is 5. The van der Waals surface area contributed by atoms with E-state index in [9.17, 15) is 4.79 Å². The van der Waals surface area contributed by atoms with Crippen molar-refractivity contribution in [3.05, 3.63) is 90.0 Å². The minimum absolute atomic E-state index is 0.0477. The number of nitrogens with one attached hydrogen (secondary N) is 1. The summed E-state index contributed by atoms with van der Waals surface area (Å²) in [6.07, 6.45) is 0. The fourth-order valence-electron chi connectivity index (χ4n) is 3.35. The van der Waals surface area contributed by atoms with E-state index in [-0.39, 0.29) is 5.91 Å². The van der Waals surface area contributed by atoms with Gasteiger partial charge in [-0.15, -0.1) is 0 Å². The summed E-state index contributed by atoms with van der Waals surface area (Å²) in [6, 6.07) is 25.9. The first-order chi connectivity index (χ1) is 13.6. The van der Waals surface area contributed by atoms with Crippen molar-refractivity contribution >= 4 is 16.8 Å². The van der Waals surface area contributed by atoms with E-state index in [0.29, 0.717) is 6.54 Å². The van der Waals surface area contributed by atoms with E-state index >= 15 is 0 Å². The number of hydrogen-bond donors (Lipinski definition) is 1. The summed E-state index contributed by atoms with van der Waals surface area (Å²) in [5.74, 6) is -0.0477. The summed E-state index contributed by atoms with van der Waals surface area (Å²) in [6.45, 7) is 4.45. The molecule has 0 spiro atoms. The molecule has 140 valence electrons. The molecule has 0 aliphatic carbocycles. The fraction of sp³-hybridized carbons (Fsp3) is 0.167. The molecule has 1 amide bonds. The van der Waals surface area contributed by atoms with Gasteiger partial charge in [-0.2, -0.15) is 5.10 Å². The Morgan fingerprint density at radius 3 is 2.39 bits per heavy atom. The summed E-state index contributed by atoms with van der Waals surface area (Å²) in [5, 5.41) is 8.88. The molecule has 1 aromatic heterocycles. The van der Waals surface area contributed by atoms with Gasteiger partial charge in [0.25, 0.3) is 0 Å². The monoisotopic (exact) mass is 369 g/mol. The lowest BCUT2D eigenvalue weighted by Crippen LogP contribution is -2.31. The molecule has 0 saturated heterocycles. The molecule has 0 unspecified atom stereocenters. The Labute approximate surface area is 164 Å². The molecule has 0 fully saturated rings. The lowest BCUT2D eigenvalue weighted by molar-refractivity contribution is -0.124. The Kier molecular flexibility index (Phi) is 4.94. The van der Waals surface area contributed by atoms with Gasteiger partial charge in [0, 0.05) is 17.5 Å². The van der Waals surface area contributed by atoms with Gasteiger partial charge in [-0.25, -0.2) is 0 Å². The quantitative estimate of drug-likeness (QED) is 0.544. The Balaban J connectivity index is 1.61. The number of nitrogens with zero attached hydrogens (tertiary/aromatic N) is 2. The third-order valence-electron chi connectivity index (χ3n) is 4.99. The van der Waals surface area contributed by atoms with Crippen molar-refractivity contribution in [1.82, 2.24) is 15.1 Å². The maximum absolute atomic E-state index is 12.8. The lowest BCUT2D eigenvalue weighted by atomic mass is 10.1. The van der Waals surface area contributed by atoms with Crippen molar-refractivity contribution < 1.29 is 4.79 Å². The zero-order chi connectivity index (χ0) is 19.5. The number of aryl methyl sites for hydroxylation is 1. The standard InChI is InChI=1S/C24H23N3O/c1-17-12-14-19(15-13-17)16-25-24(28)18(2)27-22-11-7-6-10-21(22)23(26-27)20-8-4-3-5-9-20/h3-15,18H,16H2,1-2H3,(H,25,28)/t18-/m0/s1. The Morgan fingerprint density at radius 2 is 1.64 bits per heavy atom. The van der Waals surface area contributed by atoms with Crippen molar-refractivity contribution in [2.75, 3.05) is 0 Å². The van der Waals surface area contributed by atoms with Crippen molar-refractivity contribution in [2.45, 2.75) is 26.4 Å². The van der Waals surface area contributed by atoms with Gasteiger partial charge in [-0.1, -0.05) is 78.4 Å². The molecule has 1 N–H and O–H groups in total. The van der Waals surface area contributed by atoms with E-state index in [0.717, 1.165) is 27.7 Å². The Hall–Kier alpha value is -3.40. The summed E-state index contributed by atoms with van der Waals surface area (Å²) in [5.41, 5.74) is 5.19. The topological polar surface area (TPSA) is 46.9 Å². The zero-order valence-corrected chi connectivity index (χ0v) is 16.1. The SMILES string of the molecule is Cc1ccc(CNC(=O)[C@H](C)n2nc(-c3ccccc3)c3ccccc32)cc1. The number of hydrogen-bond acceptors (Lipinski definition) is 2. The molecule has 3 aromatic carbocycles. The van der Waals surface area contributed by atoms with Crippen LogP contribution in [0.1, 0.15) is 24.1 Å². The Bertz CT molecular complexity index is 1100. The van der Waals surface area contributed by atoms with Gasteiger partial charge in [0.2, 0.25) is 5.91 Å². The van der Waals surface area contributed by atoms with E-state index in [1.165, 1.54) is 5.56 Å². The molecular formula is C24H23N3O. The van der Waals surface area contributed by atoms with Crippen LogP contribution in [0.3, 0.4) is 0 Å². The van der Waals surface area contributed by atoms with Crippen LogP contribution in [0.5, 0.6) is 0 Å². The van der Waals surface area contributed by atoms with Gasteiger partial charge in [0.15, 0.2) is 0 Å². The fourth-order valence-corrected chi connectivity index (χ4v) is 3.35. The van der Waals surface area contributed by atoms with E-state index < -0.39 is 6.04 Å². The third-order valence-corrected chi connectivity index (χ3v) is 4.99. The maximum atomic E-state index is 12.8. The molecule has 28 heavy (non-hydrogen) atoms. The van der Waals surface area contributed by atoms with Crippen LogP contribution in [-0.2, 0) is 11.3 Å². The first-order valence-electron chi connectivity index (χ1n) is 9.49. The van der Waals surface area contributed by atoms with E-state index in [1.807, 2.05) is 72.3 Å². The molecule has 0 aliphatic rings. The van der Waals surface area contributed by atoms with Crippen LogP contribution in [0.15, 0.2) is 78.9 Å². The number of carbonyl (C=O) groups is 1. The van der Waals surface area contributed by atoms with Crippen LogP contribution in [-0.4, -0.2) is 15.7 Å². The van der Waals surface area contributed by atoms with Crippen molar-refractivity contribution in [1.29, 1.82) is 0 Å². The Morgan fingerprint density at radius 1 is 0.964 bits per heavy atom. The zero-order valence-electron chi connectivity index (χ0n) is 16.1. The highest BCUT2D eigenvalue weighted by atomic mass is 16.2. The molecule has 4 nitrogen and oxygen atoms in total. The molecule has 0 aliphatic heterocycles. The number of para-hydroxylation sites is 1. The van der Waals surface area contributed by atoms with E-state index in [4.69, 9.17) is 5.10 Å². The molecule has 0 bridgehead atoms. The van der Waals surface area contributed by atoms with Crippen LogP contribution >= 0.6 is 0 Å². The highest BCUT2D eigenvalue weighted by Crippen LogP contribution is 2.29. The number of carbonyl (C=O) groups excluding carboxylic acids is 1. The third kappa shape index (κ3) is 3.54. The van der Waals surface area contributed by atoms with Crippen LogP contribution in [0.2, 0.25) is 0 Å². The van der Waals surface area contributed by atoms with Crippen LogP contribution in [0, 0.1) is 6.92 Å². The van der Waals surface area contributed by atoms with Gasteiger partial charge in [0.05, 0.1) is 5.52 Å².